The molecule has 1 atom stereocenters. The summed E-state index contributed by atoms with van der Waals surface area (Å²) in [5, 5.41) is 2.92. The maximum atomic E-state index is 10.7. The molecular weight excluding hydrogens is 102 g/mol. The molecule has 0 radical (unpaired) electrons. The second-order valence-corrected chi connectivity index (χ2v) is 2.11. The molecule has 44 valence electrons. The zero-order valence-corrected chi connectivity index (χ0v) is 4.90. The number of rotatable bonds is 0. The molecule has 0 bridgehead atoms. The molecule has 0 amide bonds. The molecule has 8 heavy (non-hydrogen) atoms. The maximum absolute atomic E-state index is 10.7. The summed E-state index contributed by atoms with van der Waals surface area (Å²) in [4.78, 5) is 10.7. The van der Waals surface area contributed by atoms with Crippen LogP contribution < -0.4 is 5.32 Å². The molecule has 0 aromatic carbocycles. The predicted octanol–water partition coefficient (Wildman–Crippen LogP) is 0.451. The second-order valence-electron chi connectivity index (χ2n) is 2.11. The number of carbonyl (C=O) groups is 1. The fourth-order valence-corrected chi connectivity index (χ4v) is 0.801. The van der Waals surface area contributed by atoms with Crippen molar-refractivity contribution in [2.24, 2.45) is 0 Å². The van der Waals surface area contributed by atoms with Crippen LogP contribution in [0.4, 0.5) is 0 Å². The minimum absolute atomic E-state index is 0.00231. The van der Waals surface area contributed by atoms with E-state index < -0.39 is 0 Å². The van der Waals surface area contributed by atoms with Crippen molar-refractivity contribution < 1.29 is 4.79 Å². The predicted molar refractivity (Wildman–Crippen MR) is 31.4 cm³/mol. The van der Waals surface area contributed by atoms with Gasteiger partial charge in [0.2, 0.25) is 0 Å². The third-order valence-corrected chi connectivity index (χ3v) is 1.29. The average Bonchev–Trinajstić information content (AvgIpc) is 1.85. The highest BCUT2D eigenvalue weighted by Crippen LogP contribution is 2.07. The molecule has 0 aromatic rings. The lowest BCUT2D eigenvalue weighted by Gasteiger charge is -1.97. The van der Waals surface area contributed by atoms with E-state index in [1.165, 1.54) is 0 Å². The molecule has 0 aromatic heterocycles. The molecule has 1 aliphatic rings. The van der Waals surface area contributed by atoms with Crippen LogP contribution in [-0.2, 0) is 4.79 Å². The molecule has 1 rings (SSSR count). The Morgan fingerprint density at radius 3 is 2.62 bits per heavy atom. The van der Waals surface area contributed by atoms with Crippen molar-refractivity contribution in [1.29, 1.82) is 0 Å². The van der Waals surface area contributed by atoms with E-state index in [9.17, 15) is 4.79 Å². The van der Waals surface area contributed by atoms with Gasteiger partial charge in [-0.25, -0.2) is 0 Å². The summed E-state index contributed by atoms with van der Waals surface area (Å²) in [7, 11) is 0. The van der Waals surface area contributed by atoms with Gasteiger partial charge in [-0.3, -0.25) is 4.79 Å². The van der Waals surface area contributed by atoms with Crippen molar-refractivity contribution in [1.82, 2.24) is 5.32 Å². The Balaban J connectivity index is 2.64. The molecule has 1 fully saturated rings. The highest BCUT2D eigenvalue weighted by molar-refractivity contribution is 5.88. The maximum Gasteiger partial charge on any atom is 0.160 e. The molecular formula is C6H9NO. The van der Waals surface area contributed by atoms with Crippen molar-refractivity contribution in [3.8, 4) is 0 Å². The van der Waals surface area contributed by atoms with Crippen LogP contribution in [0.25, 0.3) is 0 Å². The summed E-state index contributed by atoms with van der Waals surface area (Å²) in [5.41, 5.74) is 0.850. The largest absolute Gasteiger partial charge is 0.379 e. The van der Waals surface area contributed by atoms with Gasteiger partial charge in [-0.2, -0.15) is 0 Å². The smallest absolute Gasteiger partial charge is 0.160 e. The summed E-state index contributed by atoms with van der Waals surface area (Å²) < 4.78 is 0. The number of ketones is 1. The third-order valence-electron chi connectivity index (χ3n) is 1.29. The van der Waals surface area contributed by atoms with Crippen molar-refractivity contribution in [2.75, 3.05) is 0 Å². The van der Waals surface area contributed by atoms with Gasteiger partial charge in [-0.05, 0) is 6.92 Å². The van der Waals surface area contributed by atoms with E-state index in [2.05, 4.69) is 11.9 Å². The van der Waals surface area contributed by atoms with E-state index in [1.807, 2.05) is 6.92 Å². The number of nitrogens with one attached hydrogen (secondary N) is 1. The van der Waals surface area contributed by atoms with Gasteiger partial charge >= 0.3 is 0 Å². The Labute approximate surface area is 48.6 Å². The van der Waals surface area contributed by atoms with Crippen LogP contribution in [0, 0.1) is 0 Å². The fourth-order valence-electron chi connectivity index (χ4n) is 0.801. The molecule has 1 saturated heterocycles. The Morgan fingerprint density at radius 1 is 1.88 bits per heavy atom. The highest BCUT2D eigenvalue weighted by atomic mass is 16.1. The monoisotopic (exact) mass is 111 g/mol. The van der Waals surface area contributed by atoms with Gasteiger partial charge in [0.05, 0.1) is 6.04 Å². The molecule has 1 unspecified atom stereocenters. The van der Waals surface area contributed by atoms with Crippen molar-refractivity contribution in [3.63, 3.8) is 0 Å². The Bertz CT molecular complexity index is 139. The van der Waals surface area contributed by atoms with Gasteiger partial charge in [0.25, 0.3) is 0 Å². The van der Waals surface area contributed by atoms with E-state index in [1.54, 1.807) is 0 Å². The normalized spacial score (nSPS) is 28.4. The molecule has 1 aliphatic heterocycles. The zero-order valence-electron chi connectivity index (χ0n) is 4.90. The Hall–Kier alpha value is -0.790. The lowest BCUT2D eigenvalue weighted by Crippen LogP contribution is -2.21. The number of hydrogen-bond donors (Lipinski definition) is 1. The first-order valence-electron chi connectivity index (χ1n) is 2.67. The van der Waals surface area contributed by atoms with E-state index in [0.29, 0.717) is 6.42 Å². The van der Waals surface area contributed by atoms with Gasteiger partial charge < -0.3 is 5.32 Å². The van der Waals surface area contributed by atoms with Crippen LogP contribution in [-0.4, -0.2) is 11.8 Å². The number of allylic oxidation sites excluding steroid dienone is 1. The lowest BCUT2D eigenvalue weighted by molar-refractivity contribution is -0.118. The van der Waals surface area contributed by atoms with Gasteiger partial charge in [0, 0.05) is 12.1 Å². The van der Waals surface area contributed by atoms with Gasteiger partial charge in [0.1, 0.15) is 0 Å². The second kappa shape index (κ2) is 1.62. The molecule has 1 heterocycles. The van der Waals surface area contributed by atoms with Crippen LogP contribution in [0.2, 0.25) is 0 Å². The van der Waals surface area contributed by atoms with Gasteiger partial charge in [-0.1, -0.05) is 6.58 Å². The van der Waals surface area contributed by atoms with Crippen LogP contribution >= 0.6 is 0 Å². The van der Waals surface area contributed by atoms with E-state index in [0.717, 1.165) is 5.70 Å². The quantitative estimate of drug-likeness (QED) is 0.491. The van der Waals surface area contributed by atoms with Crippen LogP contribution in [0.15, 0.2) is 12.3 Å². The minimum atomic E-state index is 0.00231. The first kappa shape index (κ1) is 5.35. The minimum Gasteiger partial charge on any atom is -0.379 e. The molecule has 0 aliphatic carbocycles. The summed E-state index contributed by atoms with van der Waals surface area (Å²) in [5.74, 6) is 0.245. The molecule has 2 heteroatoms. The number of carbonyl (C=O) groups excluding carboxylic acids is 1. The van der Waals surface area contributed by atoms with Gasteiger partial charge in [-0.15, -0.1) is 0 Å². The number of hydrogen-bond acceptors (Lipinski definition) is 2. The molecule has 1 N–H and O–H groups in total. The Kier molecular flexibility index (Phi) is 1.08. The lowest BCUT2D eigenvalue weighted by atomic mass is 10.2. The molecule has 2 nitrogen and oxygen atoms in total. The highest BCUT2D eigenvalue weighted by Gasteiger charge is 2.20. The number of Topliss-reactive ketones (excluding diaryl/α,β-unsaturated/α-hetero) is 1. The zero-order chi connectivity index (χ0) is 6.15. The van der Waals surface area contributed by atoms with Crippen molar-refractivity contribution in [2.45, 2.75) is 19.4 Å². The first-order chi connectivity index (χ1) is 3.70. The summed E-state index contributed by atoms with van der Waals surface area (Å²) in [6, 6.07) is 0.00231. The summed E-state index contributed by atoms with van der Waals surface area (Å²) >= 11 is 0. The summed E-state index contributed by atoms with van der Waals surface area (Å²) in [6.07, 6.45) is 0.515. The average molecular weight is 111 g/mol. The fraction of sp³-hybridized carbons (Fsp3) is 0.500. The third kappa shape index (κ3) is 0.735. The summed E-state index contributed by atoms with van der Waals surface area (Å²) in [6.45, 7) is 5.47. The van der Waals surface area contributed by atoms with Crippen LogP contribution in [0.3, 0.4) is 0 Å². The van der Waals surface area contributed by atoms with E-state index in [4.69, 9.17) is 0 Å². The SMILES string of the molecule is C=C1CC(=O)C(C)N1. The molecule has 0 spiro atoms. The van der Waals surface area contributed by atoms with Crippen molar-refractivity contribution >= 4 is 5.78 Å². The van der Waals surface area contributed by atoms with E-state index >= 15 is 0 Å². The standard InChI is InChI=1S/C6H9NO/c1-4-3-6(8)5(2)7-4/h5,7H,1,3H2,2H3. The Morgan fingerprint density at radius 2 is 2.50 bits per heavy atom. The van der Waals surface area contributed by atoms with Crippen molar-refractivity contribution in [3.05, 3.63) is 12.3 Å². The van der Waals surface area contributed by atoms with Crippen LogP contribution in [0.5, 0.6) is 0 Å². The van der Waals surface area contributed by atoms with Crippen LogP contribution in [0.1, 0.15) is 13.3 Å². The van der Waals surface area contributed by atoms with E-state index in [-0.39, 0.29) is 11.8 Å². The van der Waals surface area contributed by atoms with Gasteiger partial charge in [0.15, 0.2) is 5.78 Å². The topological polar surface area (TPSA) is 29.1 Å². The first-order valence-corrected chi connectivity index (χ1v) is 2.67. The molecule has 0 saturated carbocycles.